The molecule has 1 aromatic carbocycles. The van der Waals surface area contributed by atoms with E-state index < -0.39 is 0 Å². The summed E-state index contributed by atoms with van der Waals surface area (Å²) >= 11 is 0. The van der Waals surface area contributed by atoms with Gasteiger partial charge in [0.1, 0.15) is 5.82 Å². The first-order valence-corrected chi connectivity index (χ1v) is 9.18. The predicted molar refractivity (Wildman–Crippen MR) is 106 cm³/mol. The highest BCUT2D eigenvalue weighted by Crippen LogP contribution is 2.23. The number of aryl methyl sites for hydroxylation is 2. The lowest BCUT2D eigenvalue weighted by atomic mass is 9.97. The zero-order valence-corrected chi connectivity index (χ0v) is 16.3. The van der Waals surface area contributed by atoms with Crippen LogP contribution >= 0.6 is 0 Å². The van der Waals surface area contributed by atoms with Crippen LogP contribution in [-0.4, -0.2) is 28.1 Å². The monoisotopic (exact) mass is 370 g/mol. The number of aromatic nitrogens is 2. The molecule has 0 saturated carbocycles. The van der Waals surface area contributed by atoms with E-state index in [0.29, 0.717) is 18.9 Å². The third-order valence-corrected chi connectivity index (χ3v) is 5.39. The summed E-state index contributed by atoms with van der Waals surface area (Å²) in [6.07, 6.45) is 1.61. The Labute approximate surface area is 158 Å². The van der Waals surface area contributed by atoms with Crippen molar-refractivity contribution in [2.24, 2.45) is 20.0 Å². The summed E-state index contributed by atoms with van der Waals surface area (Å²) in [7, 11) is 3.11. The summed E-state index contributed by atoms with van der Waals surface area (Å²) in [5.74, 6) is 0.336. The molecule has 1 aromatic heterocycles. The normalized spacial score (nSPS) is 17.0. The van der Waals surface area contributed by atoms with Crippen LogP contribution in [0, 0.1) is 19.8 Å². The lowest BCUT2D eigenvalue weighted by Gasteiger charge is -2.34. The van der Waals surface area contributed by atoms with Crippen molar-refractivity contribution in [3.8, 4) is 0 Å². The molecule has 0 bridgehead atoms. The van der Waals surface area contributed by atoms with Crippen LogP contribution in [0.25, 0.3) is 0 Å². The molecule has 3 rings (SSSR count). The lowest BCUT2D eigenvalue weighted by molar-refractivity contribution is -0.120. The van der Waals surface area contributed by atoms with Crippen LogP contribution < -0.4 is 21.5 Å². The minimum absolute atomic E-state index is 0.0308. The molecule has 0 aliphatic carbocycles. The Kier molecular flexibility index (Phi) is 5.21. The number of piperidine rings is 1. The number of rotatable bonds is 3. The third kappa shape index (κ3) is 3.82. The van der Waals surface area contributed by atoms with E-state index >= 15 is 0 Å². The van der Waals surface area contributed by atoms with Crippen molar-refractivity contribution in [3.05, 3.63) is 56.2 Å². The number of carbonyl (C=O) groups is 1. The molecule has 2 aromatic rings. The van der Waals surface area contributed by atoms with Gasteiger partial charge in [0, 0.05) is 38.9 Å². The number of hydrogen-bond donors (Lipinski definition) is 1. The Hall–Kier alpha value is -2.83. The zero-order valence-electron chi connectivity index (χ0n) is 16.3. The van der Waals surface area contributed by atoms with Crippen LogP contribution in [0.5, 0.6) is 0 Å². The van der Waals surface area contributed by atoms with Crippen LogP contribution in [0.15, 0.2) is 33.9 Å². The molecular weight excluding hydrogens is 344 g/mol. The molecule has 1 saturated heterocycles. The van der Waals surface area contributed by atoms with E-state index in [1.54, 1.807) is 7.05 Å². The van der Waals surface area contributed by atoms with Gasteiger partial charge in [0.05, 0.1) is 5.92 Å². The molecule has 1 aliphatic heterocycles. The first-order valence-electron chi connectivity index (χ1n) is 9.18. The van der Waals surface area contributed by atoms with Gasteiger partial charge in [-0.1, -0.05) is 6.07 Å². The van der Waals surface area contributed by atoms with Gasteiger partial charge in [0.25, 0.3) is 5.56 Å². The molecule has 0 radical (unpaired) electrons. The van der Waals surface area contributed by atoms with Crippen molar-refractivity contribution in [2.45, 2.75) is 26.7 Å². The molecule has 144 valence electrons. The van der Waals surface area contributed by atoms with E-state index in [0.717, 1.165) is 28.7 Å². The minimum atomic E-state index is -0.362. The SMILES string of the molecule is Cc1ccc(NC(=O)[C@H]2CCCN(c3cc(=O)n(C)c(=O)n3C)C2)cc1C. The first kappa shape index (κ1) is 18.9. The number of nitrogens with zero attached hydrogens (tertiary/aromatic N) is 3. The fourth-order valence-corrected chi connectivity index (χ4v) is 3.49. The second-order valence-electron chi connectivity index (χ2n) is 7.31. The molecule has 7 heteroatoms. The van der Waals surface area contributed by atoms with E-state index in [1.165, 1.54) is 23.2 Å². The van der Waals surface area contributed by atoms with E-state index in [2.05, 4.69) is 5.32 Å². The van der Waals surface area contributed by atoms with E-state index in [4.69, 9.17) is 0 Å². The van der Waals surface area contributed by atoms with Gasteiger partial charge < -0.3 is 10.2 Å². The average molecular weight is 370 g/mol. The fourth-order valence-electron chi connectivity index (χ4n) is 3.49. The second kappa shape index (κ2) is 7.42. The molecule has 1 N–H and O–H groups in total. The van der Waals surface area contributed by atoms with Crippen LogP contribution in [0.2, 0.25) is 0 Å². The summed E-state index contributed by atoms with van der Waals surface area (Å²) in [5, 5.41) is 3.00. The highest BCUT2D eigenvalue weighted by Gasteiger charge is 2.27. The largest absolute Gasteiger partial charge is 0.357 e. The second-order valence-corrected chi connectivity index (χ2v) is 7.31. The standard InChI is InChI=1S/C20H26N4O3/c1-13-7-8-16(10-14(13)2)21-19(26)15-6-5-9-24(12-15)17-11-18(25)23(4)20(27)22(17)3/h7-8,10-11,15H,5-6,9,12H2,1-4H3,(H,21,26)/t15-/m0/s1. The molecule has 0 unspecified atom stereocenters. The quantitative estimate of drug-likeness (QED) is 0.890. The molecule has 2 heterocycles. The number of nitrogens with one attached hydrogen (secondary N) is 1. The van der Waals surface area contributed by atoms with Gasteiger partial charge in [0.15, 0.2) is 0 Å². The maximum absolute atomic E-state index is 12.7. The number of carbonyl (C=O) groups excluding carboxylic acids is 1. The van der Waals surface area contributed by atoms with Crippen molar-refractivity contribution >= 4 is 17.4 Å². The van der Waals surface area contributed by atoms with Gasteiger partial charge in [0.2, 0.25) is 5.91 Å². The molecule has 1 aliphatic rings. The highest BCUT2D eigenvalue weighted by atomic mass is 16.2. The number of benzene rings is 1. The first-order chi connectivity index (χ1) is 12.8. The Bertz CT molecular complexity index is 990. The van der Waals surface area contributed by atoms with Gasteiger partial charge in [-0.15, -0.1) is 0 Å². The molecule has 0 spiro atoms. The molecule has 1 fully saturated rings. The van der Waals surface area contributed by atoms with E-state index in [1.807, 2.05) is 36.9 Å². The fraction of sp³-hybridized carbons (Fsp3) is 0.450. The Balaban J connectivity index is 1.78. The van der Waals surface area contributed by atoms with Crippen molar-refractivity contribution in [1.82, 2.24) is 9.13 Å². The van der Waals surface area contributed by atoms with Gasteiger partial charge >= 0.3 is 5.69 Å². The van der Waals surface area contributed by atoms with Crippen molar-refractivity contribution in [3.63, 3.8) is 0 Å². The minimum Gasteiger partial charge on any atom is -0.357 e. The Morgan fingerprint density at radius 3 is 2.52 bits per heavy atom. The van der Waals surface area contributed by atoms with Crippen molar-refractivity contribution in [1.29, 1.82) is 0 Å². The van der Waals surface area contributed by atoms with E-state index in [9.17, 15) is 14.4 Å². The highest BCUT2D eigenvalue weighted by molar-refractivity contribution is 5.93. The summed E-state index contributed by atoms with van der Waals surface area (Å²) in [4.78, 5) is 38.9. The van der Waals surface area contributed by atoms with Gasteiger partial charge in [-0.2, -0.15) is 0 Å². The average Bonchev–Trinajstić information content (AvgIpc) is 2.66. The summed E-state index contributed by atoms with van der Waals surface area (Å²) in [5.41, 5.74) is 2.41. The lowest BCUT2D eigenvalue weighted by Crippen LogP contribution is -2.45. The summed E-state index contributed by atoms with van der Waals surface area (Å²) in [6.45, 7) is 5.25. The smallest absolute Gasteiger partial charge is 0.332 e. The molecule has 27 heavy (non-hydrogen) atoms. The van der Waals surface area contributed by atoms with Crippen LogP contribution in [0.4, 0.5) is 11.5 Å². The third-order valence-electron chi connectivity index (χ3n) is 5.39. The van der Waals surface area contributed by atoms with Crippen molar-refractivity contribution in [2.75, 3.05) is 23.3 Å². The van der Waals surface area contributed by atoms with Gasteiger partial charge in [-0.05, 0) is 49.9 Å². The maximum Gasteiger partial charge on any atom is 0.332 e. The molecular formula is C20H26N4O3. The van der Waals surface area contributed by atoms with E-state index in [-0.39, 0.29) is 23.1 Å². The summed E-state index contributed by atoms with van der Waals surface area (Å²) in [6, 6.07) is 7.34. The zero-order chi connectivity index (χ0) is 19.7. The molecule has 7 nitrogen and oxygen atoms in total. The van der Waals surface area contributed by atoms with Crippen molar-refractivity contribution < 1.29 is 4.79 Å². The molecule has 1 atom stereocenters. The maximum atomic E-state index is 12.7. The Morgan fingerprint density at radius 2 is 1.81 bits per heavy atom. The van der Waals surface area contributed by atoms with Gasteiger partial charge in [-0.25, -0.2) is 4.79 Å². The Morgan fingerprint density at radius 1 is 1.07 bits per heavy atom. The number of hydrogen-bond acceptors (Lipinski definition) is 4. The van der Waals surface area contributed by atoms with Crippen LogP contribution in [0.3, 0.4) is 0 Å². The van der Waals surface area contributed by atoms with Gasteiger partial charge in [-0.3, -0.25) is 18.7 Å². The number of amides is 1. The molecule has 1 amide bonds. The van der Waals surface area contributed by atoms with Crippen LogP contribution in [-0.2, 0) is 18.9 Å². The van der Waals surface area contributed by atoms with Crippen LogP contribution in [0.1, 0.15) is 24.0 Å². The predicted octanol–water partition coefficient (Wildman–Crippen LogP) is 1.56. The summed E-state index contributed by atoms with van der Waals surface area (Å²) < 4.78 is 2.54. The number of anilines is 2. The topological polar surface area (TPSA) is 76.3 Å².